The second kappa shape index (κ2) is 25.8. The van der Waals surface area contributed by atoms with Gasteiger partial charge in [-0.3, -0.25) is 14.4 Å². The van der Waals surface area contributed by atoms with E-state index in [2.05, 4.69) is 54.9 Å². The number of hydrogen-bond acceptors (Lipinski definition) is 9. The van der Waals surface area contributed by atoms with Crippen molar-refractivity contribution < 1.29 is 48.5 Å². The predicted octanol–water partition coefficient (Wildman–Crippen LogP) is 10.7. The average Bonchev–Trinajstić information content (AvgIpc) is 3.79. The zero-order valence-corrected chi connectivity index (χ0v) is 37.8. The van der Waals surface area contributed by atoms with Gasteiger partial charge in [0.1, 0.15) is 25.3 Å². The molecule has 12 nitrogen and oxygen atoms in total. The molecule has 2 aliphatic carbocycles. The molecule has 0 aromatic heterocycles. The Balaban J connectivity index is 0.000000236. The van der Waals surface area contributed by atoms with Crippen LogP contribution in [0.3, 0.4) is 0 Å². The number of fused-ring (bicyclic) bond motifs is 6. The summed E-state index contributed by atoms with van der Waals surface area (Å²) in [6.07, 6.45) is 5.23. The smallest absolute Gasteiger partial charge is 0.407 e. The topological polar surface area (TPSA) is 199 Å². The SMILES string of the molecule is C=C(C)C(=O)CCCCCC(N)C(=O)O.C=C(C)C(=O)CCCCCC(NC(=O)OCC1c2ccccc2-c2ccccc21)C(=O)O.O=C(Cl)OCC1c2ccccc2-c2ccccc21. The van der Waals surface area contributed by atoms with Crippen molar-refractivity contribution in [2.75, 3.05) is 13.2 Å². The van der Waals surface area contributed by atoms with Gasteiger partial charge in [-0.2, -0.15) is 0 Å². The molecular weight excluding hydrogens is 848 g/mol. The highest BCUT2D eigenvalue weighted by Crippen LogP contribution is 2.45. The lowest BCUT2D eigenvalue weighted by Crippen LogP contribution is -2.41. The number of carboxylic acids is 2. The number of allylic oxidation sites excluding steroid dienone is 2. The van der Waals surface area contributed by atoms with Crippen LogP contribution in [0.2, 0.25) is 0 Å². The van der Waals surface area contributed by atoms with Gasteiger partial charge in [0, 0.05) is 36.3 Å². The molecule has 0 radical (unpaired) electrons. The molecule has 344 valence electrons. The van der Waals surface area contributed by atoms with Crippen LogP contribution < -0.4 is 11.1 Å². The average molecular weight is 908 g/mol. The lowest BCUT2D eigenvalue weighted by Gasteiger charge is -2.17. The monoisotopic (exact) mass is 906 g/mol. The Kier molecular flexibility index (Phi) is 20.4. The van der Waals surface area contributed by atoms with Gasteiger partial charge >= 0.3 is 23.5 Å². The van der Waals surface area contributed by atoms with E-state index in [4.69, 9.17) is 31.9 Å². The first-order valence-electron chi connectivity index (χ1n) is 21.8. The van der Waals surface area contributed by atoms with Gasteiger partial charge in [-0.1, -0.05) is 136 Å². The van der Waals surface area contributed by atoms with Crippen LogP contribution in [0.15, 0.2) is 121 Å². The maximum absolute atomic E-state index is 12.3. The molecule has 0 heterocycles. The van der Waals surface area contributed by atoms with Crippen molar-refractivity contribution in [3.05, 3.63) is 144 Å². The number of carboxylic acid groups (broad SMARTS) is 2. The van der Waals surface area contributed by atoms with E-state index in [1.165, 1.54) is 22.3 Å². The normalized spacial score (nSPS) is 12.8. The number of rotatable bonds is 21. The fraction of sp³-hybridized carbons (Fsp3) is 0.346. The summed E-state index contributed by atoms with van der Waals surface area (Å²) in [6.45, 7) is 11.0. The van der Waals surface area contributed by atoms with Crippen molar-refractivity contribution in [2.24, 2.45) is 5.73 Å². The minimum absolute atomic E-state index is 0.0246. The third-order valence-electron chi connectivity index (χ3n) is 11.3. The molecule has 4 aromatic rings. The van der Waals surface area contributed by atoms with Gasteiger partial charge in [0.15, 0.2) is 11.6 Å². The van der Waals surface area contributed by atoms with Crippen LogP contribution in [0.25, 0.3) is 22.3 Å². The van der Waals surface area contributed by atoms with Gasteiger partial charge in [-0.05, 0) is 95.2 Å². The molecule has 13 heteroatoms. The highest BCUT2D eigenvalue weighted by molar-refractivity contribution is 6.61. The maximum Gasteiger partial charge on any atom is 0.407 e. The number of benzene rings is 4. The van der Waals surface area contributed by atoms with Gasteiger partial charge in [0.05, 0.1) is 0 Å². The Labute approximate surface area is 385 Å². The molecule has 0 saturated carbocycles. The second-order valence-electron chi connectivity index (χ2n) is 16.2. The molecule has 2 aliphatic rings. The minimum atomic E-state index is -1.10. The van der Waals surface area contributed by atoms with E-state index in [1.807, 2.05) is 60.7 Å². The zero-order valence-electron chi connectivity index (χ0n) is 37.1. The number of ether oxygens (including phenoxy) is 2. The van der Waals surface area contributed by atoms with E-state index in [0.717, 1.165) is 41.5 Å². The highest BCUT2D eigenvalue weighted by Gasteiger charge is 2.31. The summed E-state index contributed by atoms with van der Waals surface area (Å²) in [5, 5.41) is 20.4. The lowest BCUT2D eigenvalue weighted by atomic mass is 9.98. The first-order chi connectivity index (χ1) is 31.1. The number of amides is 1. The summed E-state index contributed by atoms with van der Waals surface area (Å²) in [4.78, 5) is 67.7. The number of nitrogens with one attached hydrogen (secondary N) is 1. The van der Waals surface area contributed by atoms with Gasteiger partial charge < -0.3 is 30.7 Å². The van der Waals surface area contributed by atoms with Crippen LogP contribution in [0, 0.1) is 0 Å². The number of hydrogen-bond donors (Lipinski definition) is 4. The molecule has 1 amide bonds. The van der Waals surface area contributed by atoms with E-state index in [9.17, 15) is 33.9 Å². The molecule has 2 unspecified atom stereocenters. The van der Waals surface area contributed by atoms with E-state index >= 15 is 0 Å². The Morgan fingerprint density at radius 3 is 1.31 bits per heavy atom. The summed E-state index contributed by atoms with van der Waals surface area (Å²) in [6, 6.07) is 30.6. The molecular formula is C52H59ClN2O10. The van der Waals surface area contributed by atoms with Crippen LogP contribution in [-0.2, 0) is 28.7 Å². The molecule has 0 spiro atoms. The second-order valence-corrected chi connectivity index (χ2v) is 16.5. The quantitative estimate of drug-likeness (QED) is 0.0352. The van der Waals surface area contributed by atoms with E-state index in [0.29, 0.717) is 49.7 Å². The van der Waals surface area contributed by atoms with Crippen LogP contribution in [0.4, 0.5) is 9.59 Å². The minimum Gasteiger partial charge on any atom is -0.480 e. The molecule has 0 fully saturated rings. The maximum atomic E-state index is 12.3. The predicted molar refractivity (Wildman–Crippen MR) is 252 cm³/mol. The Hall–Kier alpha value is -6.37. The molecule has 0 saturated heterocycles. The van der Waals surface area contributed by atoms with Gasteiger partial charge in [-0.25, -0.2) is 14.4 Å². The third-order valence-corrected chi connectivity index (χ3v) is 11.5. The Morgan fingerprint density at radius 1 is 0.585 bits per heavy atom. The van der Waals surface area contributed by atoms with Crippen LogP contribution in [-0.4, -0.2) is 70.5 Å². The van der Waals surface area contributed by atoms with Crippen molar-refractivity contribution in [3.63, 3.8) is 0 Å². The standard InChI is InChI=1S/C26H29NO5.C15H11ClO2.C11H19NO3/c1-17(2)24(28)15-5-3-4-14-23(25(29)30)27-26(31)32-16-22-20-12-8-6-10-18(20)19-11-7-9-13-21(19)22;16-15(17)18-9-14-12-7-3-1-5-10(12)11-6-2-4-8-13(11)14;1-8(2)10(13)7-5-3-4-6-9(12)11(14)15/h6-13,22-23H,1,3-5,14-16H2,2H3,(H,27,31)(H,29,30);1-8,14H,9H2;9H,1,3-7,12H2,2H3,(H,14,15). The molecule has 65 heavy (non-hydrogen) atoms. The number of Topliss-reactive ketones (excluding diaryl/α,β-unsaturated/α-hetero) is 2. The van der Waals surface area contributed by atoms with Crippen molar-refractivity contribution in [1.82, 2.24) is 5.32 Å². The van der Waals surface area contributed by atoms with Crippen LogP contribution in [0.5, 0.6) is 0 Å². The summed E-state index contributed by atoms with van der Waals surface area (Å²) in [7, 11) is 0. The number of carbonyl (C=O) groups is 6. The van der Waals surface area contributed by atoms with Gasteiger partial charge in [-0.15, -0.1) is 0 Å². The zero-order chi connectivity index (χ0) is 47.5. The number of halogens is 1. The highest BCUT2D eigenvalue weighted by atomic mass is 35.5. The lowest BCUT2D eigenvalue weighted by molar-refractivity contribution is -0.140. The molecule has 4 aromatic carbocycles. The van der Waals surface area contributed by atoms with E-state index in [1.54, 1.807) is 13.8 Å². The molecule has 0 bridgehead atoms. The van der Waals surface area contributed by atoms with Crippen molar-refractivity contribution >= 4 is 46.6 Å². The summed E-state index contributed by atoms with van der Waals surface area (Å²) >= 11 is 5.25. The summed E-state index contributed by atoms with van der Waals surface area (Å²) in [5.74, 6) is -1.96. The molecule has 5 N–H and O–H groups in total. The fourth-order valence-electron chi connectivity index (χ4n) is 7.82. The first-order valence-corrected chi connectivity index (χ1v) is 22.2. The molecule has 6 rings (SSSR count). The van der Waals surface area contributed by atoms with Crippen molar-refractivity contribution in [3.8, 4) is 22.3 Å². The number of carbonyl (C=O) groups excluding carboxylic acids is 4. The third kappa shape index (κ3) is 15.4. The van der Waals surface area contributed by atoms with Gasteiger partial charge in [0.2, 0.25) is 0 Å². The van der Waals surface area contributed by atoms with E-state index in [-0.39, 0.29) is 43.0 Å². The molecule has 0 aliphatic heterocycles. The van der Waals surface area contributed by atoms with Crippen LogP contribution in [0.1, 0.15) is 112 Å². The summed E-state index contributed by atoms with van der Waals surface area (Å²) < 4.78 is 10.4. The van der Waals surface area contributed by atoms with Crippen LogP contribution >= 0.6 is 11.6 Å². The largest absolute Gasteiger partial charge is 0.480 e. The number of alkyl carbamates (subject to hydrolysis) is 1. The summed E-state index contributed by atoms with van der Waals surface area (Å²) in [5.41, 5.74) is 14.9. The fourth-order valence-corrected chi connectivity index (χ4v) is 7.88. The number of unbranched alkanes of at least 4 members (excludes halogenated alkanes) is 4. The van der Waals surface area contributed by atoms with Gasteiger partial charge in [0.25, 0.3) is 0 Å². The Bertz CT molecular complexity index is 2250. The van der Waals surface area contributed by atoms with Crippen molar-refractivity contribution in [2.45, 2.75) is 102 Å². The van der Waals surface area contributed by atoms with Crippen molar-refractivity contribution in [1.29, 1.82) is 0 Å². The number of nitrogens with two attached hydrogens (primary N) is 1. The van der Waals surface area contributed by atoms with E-state index < -0.39 is 35.5 Å². The number of ketones is 2. The number of aliphatic carboxylic acids is 2. The first kappa shape index (κ1) is 51.3. The molecule has 2 atom stereocenters. The Morgan fingerprint density at radius 2 is 0.954 bits per heavy atom.